The van der Waals surface area contributed by atoms with E-state index in [-0.39, 0.29) is 5.92 Å². The number of hydrogen-bond donors (Lipinski definition) is 1. The van der Waals surface area contributed by atoms with Crippen LogP contribution in [0.4, 0.5) is 18.0 Å². The molecule has 5 nitrogen and oxygen atoms in total. The zero-order valence-electron chi connectivity index (χ0n) is 15.0. The lowest BCUT2D eigenvalue weighted by molar-refractivity contribution is -0.137. The molecule has 1 saturated heterocycles. The second-order valence-electron chi connectivity index (χ2n) is 7.41. The first kappa shape index (κ1) is 20.1. The van der Waals surface area contributed by atoms with E-state index >= 15 is 0 Å². The number of nitrogens with two attached hydrogens (primary N) is 1. The highest BCUT2D eigenvalue weighted by Crippen LogP contribution is 2.35. The number of nitrogens with zero attached hydrogens (tertiary/aromatic N) is 1. The minimum Gasteiger partial charge on any atom is -0.444 e. The molecular weight excluding hydrogens is 349 g/mol. The maximum absolute atomic E-state index is 13.0. The summed E-state index contributed by atoms with van der Waals surface area (Å²) in [6.45, 7) is 6.22. The molecule has 2 amide bonds. The predicted octanol–water partition coefficient (Wildman–Crippen LogP) is 3.92. The molecule has 2 rings (SSSR count). The largest absolute Gasteiger partial charge is 0.444 e. The lowest BCUT2D eigenvalue weighted by Gasteiger charge is -2.33. The Kier molecular flexibility index (Phi) is 5.53. The van der Waals surface area contributed by atoms with Crippen molar-refractivity contribution in [3.05, 3.63) is 34.9 Å². The summed E-state index contributed by atoms with van der Waals surface area (Å²) in [6.07, 6.45) is -3.89. The Labute approximate surface area is 150 Å². The number of carbonyl (C=O) groups excluding carboxylic acids is 2. The van der Waals surface area contributed by atoms with Gasteiger partial charge in [0.05, 0.1) is 11.1 Å². The summed E-state index contributed by atoms with van der Waals surface area (Å²) in [4.78, 5) is 25.1. The number of piperidine rings is 1. The lowest BCUT2D eigenvalue weighted by Crippen LogP contribution is -2.41. The molecule has 0 radical (unpaired) electrons. The summed E-state index contributed by atoms with van der Waals surface area (Å²) in [5.41, 5.74) is 3.61. The van der Waals surface area contributed by atoms with E-state index in [4.69, 9.17) is 10.5 Å². The van der Waals surface area contributed by atoms with Crippen LogP contribution in [0, 0.1) is 0 Å². The fourth-order valence-corrected chi connectivity index (χ4v) is 2.99. The number of likely N-dealkylation sites (tertiary alicyclic amines) is 1. The second-order valence-corrected chi connectivity index (χ2v) is 7.41. The number of ether oxygens (including phenoxy) is 1. The average Bonchev–Trinajstić information content (AvgIpc) is 2.52. The number of halogens is 3. The van der Waals surface area contributed by atoms with Crippen molar-refractivity contribution in [1.82, 2.24) is 4.90 Å². The second kappa shape index (κ2) is 7.17. The third-order valence-corrected chi connectivity index (χ3v) is 4.23. The Bertz CT molecular complexity index is 688. The number of alkyl halides is 3. The van der Waals surface area contributed by atoms with Crippen molar-refractivity contribution in [1.29, 1.82) is 0 Å². The van der Waals surface area contributed by atoms with Gasteiger partial charge in [-0.15, -0.1) is 0 Å². The van der Waals surface area contributed by atoms with Crippen molar-refractivity contribution in [2.75, 3.05) is 13.1 Å². The summed E-state index contributed by atoms with van der Waals surface area (Å²) in [5.74, 6) is -1.15. The molecule has 144 valence electrons. The summed E-state index contributed by atoms with van der Waals surface area (Å²) in [5, 5.41) is 0. The van der Waals surface area contributed by atoms with Crippen LogP contribution in [0.5, 0.6) is 0 Å². The Hall–Kier alpha value is -2.25. The molecule has 0 bridgehead atoms. The van der Waals surface area contributed by atoms with E-state index in [0.29, 0.717) is 31.5 Å². The van der Waals surface area contributed by atoms with Crippen LogP contribution in [0.15, 0.2) is 18.2 Å². The van der Waals surface area contributed by atoms with Gasteiger partial charge in [0.2, 0.25) is 5.91 Å². The first-order chi connectivity index (χ1) is 11.9. The lowest BCUT2D eigenvalue weighted by atomic mass is 9.87. The smallest absolute Gasteiger partial charge is 0.417 e. The molecule has 1 aliphatic rings. The molecule has 0 spiro atoms. The van der Waals surface area contributed by atoms with Crippen LogP contribution < -0.4 is 5.73 Å². The third-order valence-electron chi connectivity index (χ3n) is 4.23. The number of rotatable bonds is 2. The third kappa shape index (κ3) is 4.89. The van der Waals surface area contributed by atoms with Crippen molar-refractivity contribution in [2.45, 2.75) is 51.3 Å². The molecule has 1 fully saturated rings. The van der Waals surface area contributed by atoms with E-state index in [9.17, 15) is 22.8 Å². The first-order valence-electron chi connectivity index (χ1n) is 8.37. The van der Waals surface area contributed by atoms with Gasteiger partial charge in [0.15, 0.2) is 0 Å². The standard InChI is InChI=1S/C18H23F3N2O3/c1-17(2,3)26-16(25)23-8-6-11(7-9-23)12-4-5-14(18(19,20)21)13(10-12)15(22)24/h4-5,10-11H,6-9H2,1-3H3,(H2,22,24). The molecule has 26 heavy (non-hydrogen) atoms. The molecule has 8 heteroatoms. The molecule has 1 heterocycles. The van der Waals surface area contributed by atoms with Crippen LogP contribution in [0.3, 0.4) is 0 Å². The Morgan fingerprint density at radius 3 is 2.19 bits per heavy atom. The minimum absolute atomic E-state index is 0.0472. The number of hydrogen-bond acceptors (Lipinski definition) is 3. The van der Waals surface area contributed by atoms with E-state index in [1.165, 1.54) is 12.1 Å². The topological polar surface area (TPSA) is 72.6 Å². The number of benzene rings is 1. The molecule has 0 saturated carbocycles. The normalized spacial score (nSPS) is 16.5. The van der Waals surface area contributed by atoms with Gasteiger partial charge in [-0.25, -0.2) is 4.79 Å². The molecule has 0 unspecified atom stereocenters. The van der Waals surface area contributed by atoms with E-state index in [0.717, 1.165) is 6.07 Å². The zero-order chi connectivity index (χ0) is 19.7. The molecule has 1 aromatic carbocycles. The number of amides is 2. The molecule has 0 atom stereocenters. The van der Waals surface area contributed by atoms with Crippen molar-refractivity contribution < 1.29 is 27.5 Å². The van der Waals surface area contributed by atoms with Gasteiger partial charge in [0.25, 0.3) is 0 Å². The van der Waals surface area contributed by atoms with Crippen LogP contribution in [-0.4, -0.2) is 35.6 Å². The SMILES string of the molecule is CC(C)(C)OC(=O)N1CCC(c2ccc(C(F)(F)F)c(C(N)=O)c2)CC1. The number of primary amides is 1. The molecule has 1 aliphatic heterocycles. The van der Waals surface area contributed by atoms with Gasteiger partial charge in [-0.3, -0.25) is 4.79 Å². The maximum atomic E-state index is 13.0. The minimum atomic E-state index is -4.64. The van der Waals surface area contributed by atoms with Crippen LogP contribution >= 0.6 is 0 Å². The van der Waals surface area contributed by atoms with Gasteiger partial charge < -0.3 is 15.4 Å². The van der Waals surface area contributed by atoms with Crippen LogP contribution in [-0.2, 0) is 10.9 Å². The van der Waals surface area contributed by atoms with Gasteiger partial charge >= 0.3 is 12.3 Å². The summed E-state index contributed by atoms with van der Waals surface area (Å²) < 4.78 is 44.3. The van der Waals surface area contributed by atoms with Crippen LogP contribution in [0.1, 0.15) is 61.0 Å². The highest BCUT2D eigenvalue weighted by Gasteiger charge is 2.35. The quantitative estimate of drug-likeness (QED) is 0.855. The highest BCUT2D eigenvalue weighted by molar-refractivity contribution is 5.94. The monoisotopic (exact) mass is 372 g/mol. The maximum Gasteiger partial charge on any atom is 0.417 e. The summed E-state index contributed by atoms with van der Waals surface area (Å²) >= 11 is 0. The van der Waals surface area contributed by atoms with Crippen LogP contribution in [0.25, 0.3) is 0 Å². The zero-order valence-corrected chi connectivity index (χ0v) is 15.0. The van der Waals surface area contributed by atoms with E-state index in [1.54, 1.807) is 25.7 Å². The van der Waals surface area contributed by atoms with E-state index in [1.807, 2.05) is 0 Å². The first-order valence-corrected chi connectivity index (χ1v) is 8.37. The van der Waals surface area contributed by atoms with Gasteiger partial charge in [0, 0.05) is 13.1 Å². The van der Waals surface area contributed by atoms with E-state index in [2.05, 4.69) is 0 Å². The van der Waals surface area contributed by atoms with Gasteiger partial charge in [-0.2, -0.15) is 13.2 Å². The van der Waals surface area contributed by atoms with Gasteiger partial charge in [-0.05, 0) is 57.2 Å². The van der Waals surface area contributed by atoms with Gasteiger partial charge in [0.1, 0.15) is 5.60 Å². The van der Waals surface area contributed by atoms with Crippen LogP contribution in [0.2, 0.25) is 0 Å². The van der Waals surface area contributed by atoms with Crippen molar-refractivity contribution in [2.24, 2.45) is 5.73 Å². The highest BCUT2D eigenvalue weighted by atomic mass is 19.4. The molecule has 0 aromatic heterocycles. The van der Waals surface area contributed by atoms with Gasteiger partial charge in [-0.1, -0.05) is 6.07 Å². The molecular formula is C18H23F3N2O3. The average molecular weight is 372 g/mol. The van der Waals surface area contributed by atoms with E-state index < -0.39 is 34.9 Å². The molecule has 2 N–H and O–H groups in total. The van der Waals surface area contributed by atoms with Crippen molar-refractivity contribution >= 4 is 12.0 Å². The molecule has 1 aromatic rings. The Morgan fingerprint density at radius 2 is 1.73 bits per heavy atom. The Balaban J connectivity index is 2.11. The summed E-state index contributed by atoms with van der Waals surface area (Å²) in [6, 6.07) is 3.50. The van der Waals surface area contributed by atoms with Crippen molar-refractivity contribution in [3.63, 3.8) is 0 Å². The molecule has 0 aliphatic carbocycles. The predicted molar refractivity (Wildman–Crippen MR) is 89.7 cm³/mol. The number of carbonyl (C=O) groups is 2. The fourth-order valence-electron chi connectivity index (χ4n) is 2.99. The Morgan fingerprint density at radius 1 is 1.15 bits per heavy atom. The summed E-state index contributed by atoms with van der Waals surface area (Å²) in [7, 11) is 0. The fraction of sp³-hybridized carbons (Fsp3) is 0.556. The van der Waals surface area contributed by atoms with Crippen molar-refractivity contribution in [3.8, 4) is 0 Å².